The Bertz CT molecular complexity index is 827. The molecule has 1 aromatic heterocycles. The molecule has 0 atom stereocenters. The van der Waals surface area contributed by atoms with Crippen molar-refractivity contribution in [3.8, 4) is 5.75 Å². The molecule has 0 unspecified atom stereocenters. The summed E-state index contributed by atoms with van der Waals surface area (Å²) in [6, 6.07) is 5.19. The number of benzene rings is 1. The fourth-order valence-corrected chi connectivity index (χ4v) is 3.24. The summed E-state index contributed by atoms with van der Waals surface area (Å²) in [4.78, 5) is 36.1. The molecular formula is C19H20Cl2N4O3. The van der Waals surface area contributed by atoms with Crippen LogP contribution in [0.25, 0.3) is 0 Å². The van der Waals surface area contributed by atoms with Crippen LogP contribution in [0.1, 0.15) is 23.3 Å². The maximum atomic E-state index is 12.4. The van der Waals surface area contributed by atoms with Gasteiger partial charge in [0.05, 0.1) is 17.8 Å². The Labute approximate surface area is 173 Å². The molecule has 28 heavy (non-hydrogen) atoms. The highest BCUT2D eigenvalue weighted by molar-refractivity contribution is 6.42. The van der Waals surface area contributed by atoms with Crippen LogP contribution >= 0.6 is 23.2 Å². The Morgan fingerprint density at radius 3 is 2.54 bits per heavy atom. The summed E-state index contributed by atoms with van der Waals surface area (Å²) in [6.07, 6.45) is 5.41. The zero-order chi connectivity index (χ0) is 19.9. The molecule has 0 aliphatic carbocycles. The van der Waals surface area contributed by atoms with Gasteiger partial charge in [-0.1, -0.05) is 29.3 Å². The van der Waals surface area contributed by atoms with E-state index in [0.29, 0.717) is 67.1 Å². The van der Waals surface area contributed by atoms with Gasteiger partial charge in [-0.15, -0.1) is 0 Å². The average molecular weight is 423 g/mol. The Morgan fingerprint density at radius 1 is 1.07 bits per heavy atom. The van der Waals surface area contributed by atoms with Gasteiger partial charge in [0, 0.05) is 45.0 Å². The number of carbonyl (C=O) groups is 2. The van der Waals surface area contributed by atoms with Crippen molar-refractivity contribution in [2.75, 3.05) is 32.8 Å². The van der Waals surface area contributed by atoms with Crippen molar-refractivity contribution < 1.29 is 14.3 Å². The van der Waals surface area contributed by atoms with Gasteiger partial charge in [0.25, 0.3) is 5.91 Å². The molecule has 2 aromatic rings. The van der Waals surface area contributed by atoms with Crippen molar-refractivity contribution in [2.45, 2.75) is 12.8 Å². The molecule has 1 aliphatic heterocycles. The second kappa shape index (κ2) is 9.71. The number of halogens is 2. The van der Waals surface area contributed by atoms with E-state index in [1.165, 1.54) is 18.6 Å². The number of hydrogen-bond donors (Lipinski definition) is 0. The summed E-state index contributed by atoms with van der Waals surface area (Å²) in [5.74, 6) is 0.400. The summed E-state index contributed by atoms with van der Waals surface area (Å²) in [5.41, 5.74) is 0.319. The van der Waals surface area contributed by atoms with Crippen LogP contribution in [-0.2, 0) is 4.79 Å². The molecule has 0 radical (unpaired) electrons. The van der Waals surface area contributed by atoms with Crippen molar-refractivity contribution in [2.24, 2.45) is 0 Å². The van der Waals surface area contributed by atoms with E-state index in [2.05, 4.69) is 9.97 Å². The zero-order valence-corrected chi connectivity index (χ0v) is 16.7. The molecule has 0 saturated carbocycles. The van der Waals surface area contributed by atoms with E-state index in [1.54, 1.807) is 28.0 Å². The maximum Gasteiger partial charge on any atom is 0.274 e. The minimum Gasteiger partial charge on any atom is -0.492 e. The fraction of sp³-hybridized carbons (Fsp3) is 0.368. The molecule has 1 aromatic carbocycles. The van der Waals surface area contributed by atoms with Crippen molar-refractivity contribution in [1.29, 1.82) is 0 Å². The van der Waals surface area contributed by atoms with Gasteiger partial charge in [0.15, 0.2) is 0 Å². The second-order valence-corrected chi connectivity index (χ2v) is 7.05. The number of ether oxygens (including phenoxy) is 1. The molecule has 0 N–H and O–H groups in total. The molecule has 0 spiro atoms. The first-order valence-electron chi connectivity index (χ1n) is 8.96. The monoisotopic (exact) mass is 422 g/mol. The lowest BCUT2D eigenvalue weighted by atomic mass is 10.2. The standard InChI is InChI=1S/C19H20Cl2N4O3/c20-14-3-1-4-16(18(14)21)28-12-2-5-17(26)24-8-10-25(11-9-24)19(27)15-13-22-6-7-23-15/h1,3-4,6-7,13H,2,5,8-12H2. The molecule has 148 valence electrons. The van der Waals surface area contributed by atoms with E-state index < -0.39 is 0 Å². The molecule has 1 aliphatic rings. The molecular weight excluding hydrogens is 403 g/mol. The summed E-state index contributed by atoms with van der Waals surface area (Å²) in [5, 5.41) is 0.809. The first-order chi connectivity index (χ1) is 13.6. The minimum atomic E-state index is -0.160. The number of piperazine rings is 1. The highest BCUT2D eigenvalue weighted by Crippen LogP contribution is 2.31. The minimum absolute atomic E-state index is 0.0485. The summed E-state index contributed by atoms with van der Waals surface area (Å²) >= 11 is 12.0. The van der Waals surface area contributed by atoms with Gasteiger partial charge in [-0.2, -0.15) is 0 Å². The van der Waals surface area contributed by atoms with E-state index in [4.69, 9.17) is 27.9 Å². The third-order valence-electron chi connectivity index (χ3n) is 4.41. The Kier molecular flexibility index (Phi) is 7.06. The third kappa shape index (κ3) is 5.11. The van der Waals surface area contributed by atoms with Gasteiger partial charge in [0.2, 0.25) is 5.91 Å². The van der Waals surface area contributed by atoms with Crippen molar-refractivity contribution in [3.05, 3.63) is 52.5 Å². The zero-order valence-electron chi connectivity index (χ0n) is 15.2. The van der Waals surface area contributed by atoms with E-state index in [1.807, 2.05) is 0 Å². The Morgan fingerprint density at radius 2 is 1.82 bits per heavy atom. The smallest absolute Gasteiger partial charge is 0.274 e. The topological polar surface area (TPSA) is 75.6 Å². The SMILES string of the molecule is O=C(CCCOc1cccc(Cl)c1Cl)N1CCN(C(=O)c2cnccn2)CC1. The molecule has 1 saturated heterocycles. The van der Waals surface area contributed by atoms with Crippen LogP contribution in [0.15, 0.2) is 36.8 Å². The van der Waals surface area contributed by atoms with Crippen LogP contribution in [0.4, 0.5) is 0 Å². The summed E-state index contributed by atoms with van der Waals surface area (Å²) < 4.78 is 5.60. The molecule has 3 rings (SSSR count). The highest BCUT2D eigenvalue weighted by atomic mass is 35.5. The van der Waals surface area contributed by atoms with Gasteiger partial charge >= 0.3 is 0 Å². The van der Waals surface area contributed by atoms with Crippen LogP contribution in [0, 0.1) is 0 Å². The average Bonchev–Trinajstić information content (AvgIpc) is 2.74. The largest absolute Gasteiger partial charge is 0.492 e. The van der Waals surface area contributed by atoms with Crippen molar-refractivity contribution >= 4 is 35.0 Å². The van der Waals surface area contributed by atoms with Crippen LogP contribution < -0.4 is 4.74 Å². The Balaban J connectivity index is 1.39. The van der Waals surface area contributed by atoms with Gasteiger partial charge in [0.1, 0.15) is 16.5 Å². The van der Waals surface area contributed by atoms with E-state index in [0.717, 1.165) is 0 Å². The maximum absolute atomic E-state index is 12.4. The number of nitrogens with zero attached hydrogens (tertiary/aromatic N) is 4. The summed E-state index contributed by atoms with van der Waals surface area (Å²) in [7, 11) is 0. The molecule has 7 nitrogen and oxygen atoms in total. The number of rotatable bonds is 6. The quantitative estimate of drug-likeness (QED) is 0.668. The fourth-order valence-electron chi connectivity index (χ4n) is 2.89. The van der Waals surface area contributed by atoms with Gasteiger partial charge < -0.3 is 14.5 Å². The first kappa shape index (κ1) is 20.4. The van der Waals surface area contributed by atoms with Crippen molar-refractivity contribution in [1.82, 2.24) is 19.8 Å². The van der Waals surface area contributed by atoms with Crippen LogP contribution in [0.2, 0.25) is 10.0 Å². The number of carbonyl (C=O) groups excluding carboxylic acids is 2. The Hall–Kier alpha value is -2.38. The van der Waals surface area contributed by atoms with Gasteiger partial charge in [-0.3, -0.25) is 14.6 Å². The lowest BCUT2D eigenvalue weighted by Gasteiger charge is -2.34. The molecule has 9 heteroatoms. The summed E-state index contributed by atoms with van der Waals surface area (Å²) in [6.45, 7) is 2.35. The molecule has 2 amide bonds. The van der Waals surface area contributed by atoms with E-state index in [-0.39, 0.29) is 11.8 Å². The molecule has 1 fully saturated rings. The number of aromatic nitrogens is 2. The van der Waals surface area contributed by atoms with Gasteiger partial charge in [-0.25, -0.2) is 4.98 Å². The molecule has 0 bridgehead atoms. The lowest BCUT2D eigenvalue weighted by molar-refractivity contribution is -0.132. The van der Waals surface area contributed by atoms with E-state index in [9.17, 15) is 9.59 Å². The normalized spacial score (nSPS) is 14.1. The van der Waals surface area contributed by atoms with Crippen LogP contribution in [0.3, 0.4) is 0 Å². The predicted octanol–water partition coefficient (Wildman–Crippen LogP) is 2.93. The number of amides is 2. The van der Waals surface area contributed by atoms with Crippen LogP contribution in [-0.4, -0.2) is 64.4 Å². The molecule has 2 heterocycles. The predicted molar refractivity (Wildman–Crippen MR) is 106 cm³/mol. The van der Waals surface area contributed by atoms with Gasteiger partial charge in [-0.05, 0) is 18.6 Å². The highest BCUT2D eigenvalue weighted by Gasteiger charge is 2.25. The number of hydrogen-bond acceptors (Lipinski definition) is 5. The van der Waals surface area contributed by atoms with Crippen molar-refractivity contribution in [3.63, 3.8) is 0 Å². The third-order valence-corrected chi connectivity index (χ3v) is 5.21. The van der Waals surface area contributed by atoms with E-state index >= 15 is 0 Å². The van der Waals surface area contributed by atoms with Crippen LogP contribution in [0.5, 0.6) is 5.75 Å². The first-order valence-corrected chi connectivity index (χ1v) is 9.71. The lowest BCUT2D eigenvalue weighted by Crippen LogP contribution is -2.50. The second-order valence-electron chi connectivity index (χ2n) is 6.27.